The average Bonchev–Trinajstić information content (AvgIpc) is 2.36. The van der Waals surface area contributed by atoms with E-state index in [1.54, 1.807) is 0 Å². The third-order valence-corrected chi connectivity index (χ3v) is 2.54. The molecule has 0 aromatic heterocycles. The first-order valence-corrected chi connectivity index (χ1v) is 4.80. The van der Waals surface area contributed by atoms with Gasteiger partial charge in [-0.2, -0.15) is 0 Å². The molecule has 1 aliphatic rings. The lowest BCUT2D eigenvalue weighted by Gasteiger charge is -2.21. The highest BCUT2D eigenvalue weighted by Crippen LogP contribution is 2.31. The Morgan fingerprint density at radius 1 is 1.42 bits per heavy atom. The molecule has 2 nitrogen and oxygen atoms in total. The predicted octanol–water partition coefficient (Wildman–Crippen LogP) is 1.91. The van der Waals surface area contributed by atoms with Gasteiger partial charge in [0.05, 0.1) is 0 Å². The molecule has 70 valence electrons. The Balaban J connectivity index is 2.50. The molecule has 1 aliphatic carbocycles. The molecule has 0 amide bonds. The summed E-state index contributed by atoms with van der Waals surface area (Å²) >= 11 is 0. The van der Waals surface area contributed by atoms with Crippen LogP contribution in [0.1, 0.15) is 46.0 Å². The van der Waals surface area contributed by atoms with Gasteiger partial charge >= 0.3 is 0 Å². The van der Waals surface area contributed by atoms with E-state index in [-0.39, 0.29) is 5.78 Å². The van der Waals surface area contributed by atoms with Crippen LogP contribution >= 0.6 is 0 Å². The van der Waals surface area contributed by atoms with E-state index in [0.29, 0.717) is 25.2 Å². The highest BCUT2D eigenvalue weighted by atomic mass is 16.3. The molecule has 0 unspecified atom stereocenters. The Bertz CT molecular complexity index is 167. The van der Waals surface area contributed by atoms with E-state index in [9.17, 15) is 9.90 Å². The molecular weight excluding hydrogens is 152 g/mol. The minimum absolute atomic E-state index is 0.0509. The van der Waals surface area contributed by atoms with Gasteiger partial charge in [-0.25, -0.2) is 0 Å². The van der Waals surface area contributed by atoms with Crippen molar-refractivity contribution < 1.29 is 9.90 Å². The molecule has 12 heavy (non-hydrogen) atoms. The average molecular weight is 170 g/mol. The maximum atomic E-state index is 11.5. The van der Waals surface area contributed by atoms with Crippen LogP contribution in [-0.4, -0.2) is 16.5 Å². The number of carbonyl (C=O) groups is 1. The molecule has 0 bridgehead atoms. The van der Waals surface area contributed by atoms with E-state index < -0.39 is 5.60 Å². The quantitative estimate of drug-likeness (QED) is 0.702. The van der Waals surface area contributed by atoms with E-state index in [4.69, 9.17) is 0 Å². The molecule has 0 heterocycles. The molecule has 0 aliphatic heterocycles. The highest BCUT2D eigenvalue weighted by Gasteiger charge is 2.38. The van der Waals surface area contributed by atoms with Crippen molar-refractivity contribution in [3.05, 3.63) is 0 Å². The lowest BCUT2D eigenvalue weighted by atomic mass is 9.91. The Morgan fingerprint density at radius 2 is 1.92 bits per heavy atom. The largest absolute Gasteiger partial charge is 0.382 e. The molecule has 1 fully saturated rings. The van der Waals surface area contributed by atoms with E-state index in [1.165, 1.54) is 0 Å². The van der Waals surface area contributed by atoms with Gasteiger partial charge in [0.1, 0.15) is 5.60 Å². The summed E-state index contributed by atoms with van der Waals surface area (Å²) in [5.41, 5.74) is -0.954. The SMILES string of the molecule is CC(C)CC(=O)C1(O)CCCC1. The number of ketones is 1. The van der Waals surface area contributed by atoms with Crippen LogP contribution in [0.4, 0.5) is 0 Å². The molecule has 0 radical (unpaired) electrons. The first-order chi connectivity index (χ1) is 5.54. The number of rotatable bonds is 3. The standard InChI is InChI=1S/C10H18O2/c1-8(2)7-9(11)10(12)5-3-4-6-10/h8,12H,3-7H2,1-2H3. The Morgan fingerprint density at radius 3 is 2.33 bits per heavy atom. The van der Waals surface area contributed by atoms with E-state index in [1.807, 2.05) is 13.8 Å². The molecule has 0 aromatic carbocycles. The van der Waals surface area contributed by atoms with Gasteiger partial charge in [-0.1, -0.05) is 13.8 Å². The third kappa shape index (κ3) is 2.07. The second-order valence-electron chi connectivity index (χ2n) is 4.26. The molecule has 1 rings (SSSR count). The van der Waals surface area contributed by atoms with Crippen LogP contribution in [0.3, 0.4) is 0 Å². The van der Waals surface area contributed by atoms with E-state index in [2.05, 4.69) is 0 Å². The predicted molar refractivity (Wildman–Crippen MR) is 47.9 cm³/mol. The lowest BCUT2D eigenvalue weighted by molar-refractivity contribution is -0.137. The molecule has 1 saturated carbocycles. The fourth-order valence-corrected chi connectivity index (χ4v) is 1.80. The van der Waals surface area contributed by atoms with E-state index in [0.717, 1.165) is 12.8 Å². The molecule has 0 atom stereocenters. The van der Waals surface area contributed by atoms with Crippen LogP contribution in [0, 0.1) is 5.92 Å². The Hall–Kier alpha value is -0.370. The van der Waals surface area contributed by atoms with Crippen molar-refractivity contribution in [2.45, 2.75) is 51.6 Å². The molecule has 2 heteroatoms. The van der Waals surface area contributed by atoms with Crippen molar-refractivity contribution in [2.75, 3.05) is 0 Å². The number of carbonyl (C=O) groups excluding carboxylic acids is 1. The number of Topliss-reactive ketones (excluding diaryl/α,β-unsaturated/α-hetero) is 1. The van der Waals surface area contributed by atoms with E-state index >= 15 is 0 Å². The van der Waals surface area contributed by atoms with Gasteiger partial charge in [0.2, 0.25) is 0 Å². The summed E-state index contributed by atoms with van der Waals surface area (Å²) in [6.45, 7) is 4.02. The second-order valence-corrected chi connectivity index (χ2v) is 4.26. The van der Waals surface area contributed by atoms with Gasteiger partial charge in [0, 0.05) is 6.42 Å². The van der Waals surface area contributed by atoms with Crippen LogP contribution in [0.15, 0.2) is 0 Å². The topological polar surface area (TPSA) is 37.3 Å². The zero-order valence-electron chi connectivity index (χ0n) is 7.97. The van der Waals surface area contributed by atoms with Crippen LogP contribution < -0.4 is 0 Å². The summed E-state index contributed by atoms with van der Waals surface area (Å²) in [7, 11) is 0. The van der Waals surface area contributed by atoms with Gasteiger partial charge in [-0.3, -0.25) is 4.79 Å². The maximum absolute atomic E-state index is 11.5. The summed E-state index contributed by atoms with van der Waals surface area (Å²) < 4.78 is 0. The molecule has 0 spiro atoms. The fourth-order valence-electron chi connectivity index (χ4n) is 1.80. The lowest BCUT2D eigenvalue weighted by Crippen LogP contribution is -2.35. The zero-order chi connectivity index (χ0) is 9.19. The summed E-state index contributed by atoms with van der Waals surface area (Å²) in [6.07, 6.45) is 3.88. The summed E-state index contributed by atoms with van der Waals surface area (Å²) in [4.78, 5) is 11.5. The molecule has 0 aromatic rings. The molecule has 0 saturated heterocycles. The van der Waals surface area contributed by atoms with Gasteiger partial charge in [0.25, 0.3) is 0 Å². The van der Waals surface area contributed by atoms with Crippen molar-refractivity contribution in [3.8, 4) is 0 Å². The van der Waals surface area contributed by atoms with Gasteiger partial charge in [-0.15, -0.1) is 0 Å². The van der Waals surface area contributed by atoms with Crippen molar-refractivity contribution in [1.82, 2.24) is 0 Å². The highest BCUT2D eigenvalue weighted by molar-refractivity contribution is 5.87. The monoisotopic (exact) mass is 170 g/mol. The molecule has 1 N–H and O–H groups in total. The minimum atomic E-state index is -0.954. The summed E-state index contributed by atoms with van der Waals surface area (Å²) in [5, 5.41) is 9.86. The molecular formula is C10H18O2. The number of hydrogen-bond acceptors (Lipinski definition) is 2. The van der Waals surface area contributed by atoms with Crippen molar-refractivity contribution in [3.63, 3.8) is 0 Å². The van der Waals surface area contributed by atoms with Crippen LogP contribution in [0.2, 0.25) is 0 Å². The van der Waals surface area contributed by atoms with Crippen LogP contribution in [0.5, 0.6) is 0 Å². The smallest absolute Gasteiger partial charge is 0.164 e. The summed E-state index contributed by atoms with van der Waals surface area (Å²) in [5.74, 6) is 0.414. The van der Waals surface area contributed by atoms with Crippen molar-refractivity contribution in [2.24, 2.45) is 5.92 Å². The zero-order valence-corrected chi connectivity index (χ0v) is 7.97. The summed E-state index contributed by atoms with van der Waals surface area (Å²) in [6, 6.07) is 0. The van der Waals surface area contributed by atoms with Gasteiger partial charge < -0.3 is 5.11 Å². The van der Waals surface area contributed by atoms with Crippen molar-refractivity contribution >= 4 is 5.78 Å². The second kappa shape index (κ2) is 3.56. The van der Waals surface area contributed by atoms with Crippen LogP contribution in [0.25, 0.3) is 0 Å². The minimum Gasteiger partial charge on any atom is -0.382 e. The first kappa shape index (κ1) is 9.72. The number of aliphatic hydroxyl groups is 1. The van der Waals surface area contributed by atoms with Gasteiger partial charge in [0.15, 0.2) is 5.78 Å². The Labute approximate surface area is 74.0 Å². The third-order valence-electron chi connectivity index (χ3n) is 2.54. The maximum Gasteiger partial charge on any atom is 0.164 e. The normalized spacial score (nSPS) is 21.7. The first-order valence-electron chi connectivity index (χ1n) is 4.80. The van der Waals surface area contributed by atoms with Crippen LogP contribution in [-0.2, 0) is 4.79 Å². The van der Waals surface area contributed by atoms with Crippen molar-refractivity contribution in [1.29, 1.82) is 0 Å². The Kier molecular flexibility index (Phi) is 2.89. The number of hydrogen-bond donors (Lipinski definition) is 1. The fraction of sp³-hybridized carbons (Fsp3) is 0.900. The van der Waals surface area contributed by atoms with Gasteiger partial charge in [-0.05, 0) is 31.6 Å².